The highest BCUT2D eigenvalue weighted by Crippen LogP contribution is 2.39. The summed E-state index contributed by atoms with van der Waals surface area (Å²) in [6.07, 6.45) is 3.95. The zero-order valence-electron chi connectivity index (χ0n) is 7.44. The smallest absolute Gasteiger partial charge is 0.164 e. The quantitative estimate of drug-likeness (QED) is 0.672. The minimum atomic E-state index is 0.477. The molecule has 0 aliphatic heterocycles. The van der Waals surface area contributed by atoms with Crippen molar-refractivity contribution in [2.24, 2.45) is 0 Å². The van der Waals surface area contributed by atoms with Gasteiger partial charge in [0.2, 0.25) is 0 Å². The molecule has 3 rings (SSSR count). The van der Waals surface area contributed by atoms with Gasteiger partial charge in [-0.3, -0.25) is 0 Å². The molecule has 0 radical (unpaired) electrons. The van der Waals surface area contributed by atoms with Crippen molar-refractivity contribution in [1.29, 1.82) is 0 Å². The third-order valence-electron chi connectivity index (χ3n) is 2.47. The lowest BCUT2D eigenvalue weighted by Gasteiger charge is -2.00. The molecule has 1 aliphatic rings. The zero-order chi connectivity index (χ0) is 9.54. The molecule has 0 N–H and O–H groups in total. The molecule has 4 heteroatoms. The first kappa shape index (κ1) is 8.12. The number of fused-ring (bicyclic) bond motifs is 1. The normalized spacial score (nSPS) is 16.1. The van der Waals surface area contributed by atoms with Gasteiger partial charge in [0.15, 0.2) is 5.65 Å². The molecule has 0 atom stereocenters. The van der Waals surface area contributed by atoms with Gasteiger partial charge in [0.25, 0.3) is 0 Å². The van der Waals surface area contributed by atoms with E-state index < -0.39 is 0 Å². The number of pyridine rings is 1. The van der Waals surface area contributed by atoms with Crippen molar-refractivity contribution < 1.29 is 0 Å². The van der Waals surface area contributed by atoms with E-state index in [-0.39, 0.29) is 0 Å². The van der Waals surface area contributed by atoms with Gasteiger partial charge in [-0.1, -0.05) is 11.6 Å². The lowest BCUT2D eigenvalue weighted by molar-refractivity contribution is 1.03. The summed E-state index contributed by atoms with van der Waals surface area (Å²) in [5.41, 5.74) is 1.83. The van der Waals surface area contributed by atoms with Crippen molar-refractivity contribution in [3.8, 4) is 0 Å². The fourth-order valence-corrected chi connectivity index (χ4v) is 1.72. The van der Waals surface area contributed by atoms with E-state index >= 15 is 0 Å². The van der Waals surface area contributed by atoms with Crippen molar-refractivity contribution in [3.63, 3.8) is 0 Å². The van der Waals surface area contributed by atoms with Gasteiger partial charge in [-0.05, 0) is 25.0 Å². The largest absolute Gasteiger partial charge is 0.233 e. The van der Waals surface area contributed by atoms with Crippen molar-refractivity contribution in [3.05, 3.63) is 29.3 Å². The molecule has 0 saturated heterocycles. The van der Waals surface area contributed by atoms with Crippen LogP contribution in [0, 0.1) is 0 Å². The third-order valence-corrected chi connectivity index (χ3v) is 2.77. The molecule has 0 bridgehead atoms. The van der Waals surface area contributed by atoms with Gasteiger partial charge in [0.05, 0.1) is 5.39 Å². The standard InChI is InChI=1S/C10H8ClN3/c11-9-7-3-4-8(6-1-2-6)14-10(7)13-5-12-9/h3-6H,1-2H2. The molecule has 1 fully saturated rings. The van der Waals surface area contributed by atoms with Crippen molar-refractivity contribution in [1.82, 2.24) is 15.0 Å². The highest BCUT2D eigenvalue weighted by molar-refractivity contribution is 6.33. The van der Waals surface area contributed by atoms with Crippen LogP contribution in [-0.2, 0) is 0 Å². The molecule has 0 spiro atoms. The van der Waals surface area contributed by atoms with Crippen LogP contribution in [0.25, 0.3) is 11.0 Å². The number of hydrogen-bond acceptors (Lipinski definition) is 3. The van der Waals surface area contributed by atoms with Crippen molar-refractivity contribution in [2.75, 3.05) is 0 Å². The van der Waals surface area contributed by atoms with Crippen LogP contribution in [0.3, 0.4) is 0 Å². The summed E-state index contributed by atoms with van der Waals surface area (Å²) < 4.78 is 0. The van der Waals surface area contributed by atoms with Crippen LogP contribution in [0.4, 0.5) is 0 Å². The fraction of sp³-hybridized carbons (Fsp3) is 0.300. The minimum absolute atomic E-state index is 0.477. The molecular weight excluding hydrogens is 198 g/mol. The molecule has 1 aliphatic carbocycles. The molecule has 2 aromatic rings. The lowest BCUT2D eigenvalue weighted by atomic mass is 10.2. The van der Waals surface area contributed by atoms with E-state index in [0.29, 0.717) is 16.7 Å². The van der Waals surface area contributed by atoms with Crippen molar-refractivity contribution >= 4 is 22.6 Å². The maximum atomic E-state index is 5.91. The topological polar surface area (TPSA) is 38.7 Å². The third kappa shape index (κ3) is 1.24. The number of hydrogen-bond donors (Lipinski definition) is 0. The molecule has 1 saturated carbocycles. The summed E-state index contributed by atoms with van der Waals surface area (Å²) in [6, 6.07) is 3.98. The molecule has 2 heterocycles. The Kier molecular flexibility index (Phi) is 1.67. The Morgan fingerprint density at radius 3 is 2.86 bits per heavy atom. The van der Waals surface area contributed by atoms with Gasteiger partial charge in [0.1, 0.15) is 11.5 Å². The van der Waals surface area contributed by atoms with E-state index in [1.165, 1.54) is 19.2 Å². The van der Waals surface area contributed by atoms with Gasteiger partial charge in [-0.25, -0.2) is 15.0 Å². The second kappa shape index (κ2) is 2.89. The van der Waals surface area contributed by atoms with Gasteiger partial charge < -0.3 is 0 Å². The lowest BCUT2D eigenvalue weighted by Crippen LogP contribution is -1.91. The van der Waals surface area contributed by atoms with E-state index in [1.54, 1.807) is 0 Å². The molecule has 2 aromatic heterocycles. The summed E-state index contributed by atoms with van der Waals surface area (Å²) in [5, 5.41) is 1.31. The SMILES string of the molecule is Clc1ncnc2nc(C3CC3)ccc12. The Morgan fingerprint density at radius 2 is 2.07 bits per heavy atom. The van der Waals surface area contributed by atoms with Crippen LogP contribution in [0.2, 0.25) is 5.15 Å². The molecule has 70 valence electrons. The molecular formula is C10H8ClN3. The Labute approximate surface area is 86.2 Å². The summed E-state index contributed by atoms with van der Waals surface area (Å²) in [5.74, 6) is 0.646. The van der Waals surface area contributed by atoms with Crippen LogP contribution < -0.4 is 0 Å². The number of nitrogens with zero attached hydrogens (tertiary/aromatic N) is 3. The van der Waals surface area contributed by atoms with E-state index in [2.05, 4.69) is 15.0 Å². The van der Waals surface area contributed by atoms with Crippen molar-refractivity contribution in [2.45, 2.75) is 18.8 Å². The predicted molar refractivity (Wildman–Crippen MR) is 54.3 cm³/mol. The molecule has 0 unspecified atom stereocenters. The average molecular weight is 206 g/mol. The molecule has 14 heavy (non-hydrogen) atoms. The molecule has 0 amide bonds. The first-order chi connectivity index (χ1) is 6.84. The zero-order valence-corrected chi connectivity index (χ0v) is 8.20. The van der Waals surface area contributed by atoms with Crippen LogP contribution in [0.15, 0.2) is 18.5 Å². The van der Waals surface area contributed by atoms with Crippen LogP contribution >= 0.6 is 11.6 Å². The van der Waals surface area contributed by atoms with E-state index in [1.807, 2.05) is 12.1 Å². The number of halogens is 1. The number of rotatable bonds is 1. The van der Waals surface area contributed by atoms with E-state index in [4.69, 9.17) is 11.6 Å². The number of aromatic nitrogens is 3. The predicted octanol–water partition coefficient (Wildman–Crippen LogP) is 2.56. The monoisotopic (exact) mass is 205 g/mol. The summed E-state index contributed by atoms with van der Waals surface area (Å²) in [4.78, 5) is 12.5. The van der Waals surface area contributed by atoms with Crippen LogP contribution in [0.5, 0.6) is 0 Å². The Bertz CT molecular complexity index is 494. The van der Waals surface area contributed by atoms with Gasteiger partial charge in [-0.2, -0.15) is 0 Å². The second-order valence-corrected chi connectivity index (χ2v) is 3.90. The molecule has 0 aromatic carbocycles. The average Bonchev–Trinajstić information content (AvgIpc) is 3.01. The van der Waals surface area contributed by atoms with E-state index in [9.17, 15) is 0 Å². The Hall–Kier alpha value is -1.22. The molecule has 3 nitrogen and oxygen atoms in total. The highest BCUT2D eigenvalue weighted by atomic mass is 35.5. The summed E-state index contributed by atoms with van der Waals surface area (Å²) in [6.45, 7) is 0. The van der Waals surface area contributed by atoms with Gasteiger partial charge >= 0.3 is 0 Å². The maximum Gasteiger partial charge on any atom is 0.164 e. The second-order valence-electron chi connectivity index (χ2n) is 3.55. The first-order valence-electron chi connectivity index (χ1n) is 4.62. The Morgan fingerprint density at radius 1 is 1.21 bits per heavy atom. The van der Waals surface area contributed by atoms with Crippen LogP contribution in [0.1, 0.15) is 24.5 Å². The fourth-order valence-electron chi connectivity index (χ4n) is 1.53. The van der Waals surface area contributed by atoms with Gasteiger partial charge in [0, 0.05) is 11.6 Å². The summed E-state index contributed by atoms with van der Waals surface area (Å²) >= 11 is 5.91. The first-order valence-corrected chi connectivity index (χ1v) is 4.99. The maximum absolute atomic E-state index is 5.91. The summed E-state index contributed by atoms with van der Waals surface area (Å²) in [7, 11) is 0. The highest BCUT2D eigenvalue weighted by Gasteiger charge is 2.25. The Balaban J connectivity index is 2.23. The van der Waals surface area contributed by atoms with E-state index in [0.717, 1.165) is 11.1 Å². The van der Waals surface area contributed by atoms with Gasteiger partial charge in [-0.15, -0.1) is 0 Å². The minimum Gasteiger partial charge on any atom is -0.233 e. The van der Waals surface area contributed by atoms with Crippen LogP contribution in [-0.4, -0.2) is 15.0 Å².